The molecule has 2 aromatic rings. The zero-order valence-electron chi connectivity index (χ0n) is 12.0. The molecule has 0 heterocycles. The lowest BCUT2D eigenvalue weighted by Crippen LogP contribution is -2.23. The van der Waals surface area contributed by atoms with E-state index in [1.165, 1.54) is 6.07 Å². The number of benzene rings is 2. The Kier molecular flexibility index (Phi) is 5.32. The highest BCUT2D eigenvalue weighted by Gasteiger charge is 2.07. The molecule has 110 valence electrons. The summed E-state index contributed by atoms with van der Waals surface area (Å²) in [6.07, 6.45) is 1.05. The van der Waals surface area contributed by atoms with Crippen molar-refractivity contribution >= 4 is 11.6 Å². The third-order valence-corrected chi connectivity index (χ3v) is 3.12. The summed E-state index contributed by atoms with van der Waals surface area (Å²) in [4.78, 5) is 12.0. The fourth-order valence-electron chi connectivity index (χ4n) is 1.93. The highest BCUT2D eigenvalue weighted by molar-refractivity contribution is 5.94. The summed E-state index contributed by atoms with van der Waals surface area (Å²) in [6.45, 7) is 3.18. The Balaban J connectivity index is 1.93. The van der Waals surface area contributed by atoms with Crippen molar-refractivity contribution in [1.82, 2.24) is 5.32 Å². The van der Waals surface area contributed by atoms with Gasteiger partial charge in [-0.2, -0.15) is 0 Å². The van der Waals surface area contributed by atoms with E-state index in [-0.39, 0.29) is 18.3 Å². The zero-order chi connectivity index (χ0) is 15.1. The maximum absolute atomic E-state index is 13.5. The van der Waals surface area contributed by atoms with E-state index in [4.69, 9.17) is 0 Å². The fraction of sp³-hybridized carbons (Fsp3) is 0.235. The van der Waals surface area contributed by atoms with Gasteiger partial charge in [-0.1, -0.05) is 25.1 Å². The lowest BCUT2D eigenvalue weighted by molar-refractivity contribution is 0.0950. The molecule has 0 aromatic heterocycles. The monoisotopic (exact) mass is 286 g/mol. The van der Waals surface area contributed by atoms with Gasteiger partial charge in [0, 0.05) is 29.9 Å². The van der Waals surface area contributed by atoms with Crippen LogP contribution >= 0.6 is 0 Å². The molecule has 0 saturated heterocycles. The van der Waals surface area contributed by atoms with Crippen molar-refractivity contribution in [2.24, 2.45) is 0 Å². The number of carbonyl (C=O) groups is 1. The van der Waals surface area contributed by atoms with Crippen LogP contribution in [0.25, 0.3) is 0 Å². The molecule has 0 radical (unpaired) electrons. The molecule has 2 rings (SSSR count). The minimum absolute atomic E-state index is 0.182. The Morgan fingerprint density at radius 3 is 2.48 bits per heavy atom. The van der Waals surface area contributed by atoms with Gasteiger partial charge in [-0.3, -0.25) is 4.79 Å². The van der Waals surface area contributed by atoms with E-state index in [2.05, 4.69) is 17.6 Å². The second-order valence-corrected chi connectivity index (χ2v) is 4.78. The van der Waals surface area contributed by atoms with Crippen LogP contribution < -0.4 is 10.6 Å². The summed E-state index contributed by atoms with van der Waals surface area (Å²) in [5, 5.41) is 5.96. The highest BCUT2D eigenvalue weighted by atomic mass is 19.1. The van der Waals surface area contributed by atoms with Crippen LogP contribution in [0.2, 0.25) is 0 Å². The number of anilines is 1. The summed E-state index contributed by atoms with van der Waals surface area (Å²) in [7, 11) is 0. The van der Waals surface area contributed by atoms with E-state index in [1.54, 1.807) is 30.3 Å². The van der Waals surface area contributed by atoms with Gasteiger partial charge in [0.05, 0.1) is 0 Å². The van der Waals surface area contributed by atoms with Crippen LogP contribution in [0.4, 0.5) is 10.1 Å². The quantitative estimate of drug-likeness (QED) is 0.852. The molecule has 0 aliphatic carbocycles. The van der Waals surface area contributed by atoms with Gasteiger partial charge in [-0.05, 0) is 36.8 Å². The second-order valence-electron chi connectivity index (χ2n) is 4.78. The molecular formula is C17H19FN2O. The van der Waals surface area contributed by atoms with Crippen molar-refractivity contribution < 1.29 is 9.18 Å². The lowest BCUT2D eigenvalue weighted by Gasteiger charge is -2.08. The molecule has 0 unspecified atom stereocenters. The van der Waals surface area contributed by atoms with Crippen molar-refractivity contribution in [2.45, 2.75) is 19.9 Å². The van der Waals surface area contributed by atoms with Crippen molar-refractivity contribution in [3.05, 3.63) is 65.5 Å². The van der Waals surface area contributed by atoms with Gasteiger partial charge in [0.15, 0.2) is 0 Å². The molecule has 0 aliphatic rings. The van der Waals surface area contributed by atoms with Crippen molar-refractivity contribution in [1.29, 1.82) is 0 Å². The molecule has 2 N–H and O–H groups in total. The number of amides is 1. The third kappa shape index (κ3) is 4.31. The molecule has 2 aromatic carbocycles. The van der Waals surface area contributed by atoms with Crippen LogP contribution in [0.5, 0.6) is 0 Å². The first kappa shape index (κ1) is 15.0. The van der Waals surface area contributed by atoms with Crippen LogP contribution in [0.1, 0.15) is 29.3 Å². The van der Waals surface area contributed by atoms with E-state index >= 15 is 0 Å². The Morgan fingerprint density at radius 2 is 1.81 bits per heavy atom. The van der Waals surface area contributed by atoms with Crippen LogP contribution in [-0.2, 0) is 6.54 Å². The molecular weight excluding hydrogens is 267 g/mol. The average molecular weight is 286 g/mol. The Hall–Kier alpha value is -2.36. The maximum Gasteiger partial charge on any atom is 0.251 e. The third-order valence-electron chi connectivity index (χ3n) is 3.12. The van der Waals surface area contributed by atoms with Crippen LogP contribution in [0.3, 0.4) is 0 Å². The Morgan fingerprint density at radius 1 is 1.10 bits per heavy atom. The predicted molar refractivity (Wildman–Crippen MR) is 82.8 cm³/mol. The smallest absolute Gasteiger partial charge is 0.251 e. The van der Waals surface area contributed by atoms with Gasteiger partial charge in [-0.15, -0.1) is 0 Å². The molecule has 1 amide bonds. The minimum Gasteiger partial charge on any atom is -0.385 e. The Bertz CT molecular complexity index is 596. The van der Waals surface area contributed by atoms with Gasteiger partial charge in [0.25, 0.3) is 5.91 Å². The van der Waals surface area contributed by atoms with E-state index in [0.29, 0.717) is 11.1 Å². The van der Waals surface area contributed by atoms with Gasteiger partial charge < -0.3 is 10.6 Å². The highest BCUT2D eigenvalue weighted by Crippen LogP contribution is 2.10. The summed E-state index contributed by atoms with van der Waals surface area (Å²) in [6, 6.07) is 13.7. The average Bonchev–Trinajstić information content (AvgIpc) is 2.52. The number of halogens is 1. The second kappa shape index (κ2) is 7.43. The molecule has 4 heteroatoms. The Labute approximate surface area is 124 Å². The first-order chi connectivity index (χ1) is 10.2. The SMILES string of the molecule is CCCNc1ccc(C(=O)NCc2ccccc2F)cc1. The zero-order valence-corrected chi connectivity index (χ0v) is 12.0. The van der Waals surface area contributed by atoms with Crippen molar-refractivity contribution in [3.63, 3.8) is 0 Å². The molecule has 0 bridgehead atoms. The number of nitrogens with one attached hydrogen (secondary N) is 2. The lowest BCUT2D eigenvalue weighted by atomic mass is 10.1. The van der Waals surface area contributed by atoms with Gasteiger partial charge in [-0.25, -0.2) is 4.39 Å². The molecule has 3 nitrogen and oxygen atoms in total. The fourth-order valence-corrected chi connectivity index (χ4v) is 1.93. The van der Waals surface area contributed by atoms with E-state index in [9.17, 15) is 9.18 Å². The molecule has 0 saturated carbocycles. The predicted octanol–water partition coefficient (Wildman–Crippen LogP) is 3.58. The summed E-state index contributed by atoms with van der Waals surface area (Å²) in [5.74, 6) is -0.516. The number of hydrogen-bond donors (Lipinski definition) is 2. The standard InChI is InChI=1S/C17H19FN2O/c1-2-11-19-15-9-7-13(8-10-15)17(21)20-12-14-5-3-4-6-16(14)18/h3-10,19H,2,11-12H2,1H3,(H,20,21). The number of rotatable bonds is 6. The van der Waals surface area contributed by atoms with E-state index in [0.717, 1.165) is 18.7 Å². The first-order valence-corrected chi connectivity index (χ1v) is 7.06. The largest absolute Gasteiger partial charge is 0.385 e. The van der Waals surface area contributed by atoms with Crippen molar-refractivity contribution in [2.75, 3.05) is 11.9 Å². The number of hydrogen-bond acceptors (Lipinski definition) is 2. The topological polar surface area (TPSA) is 41.1 Å². The van der Waals surface area contributed by atoms with Crippen LogP contribution in [-0.4, -0.2) is 12.5 Å². The normalized spacial score (nSPS) is 10.2. The first-order valence-electron chi connectivity index (χ1n) is 7.06. The van der Waals surface area contributed by atoms with Gasteiger partial charge in [0.1, 0.15) is 5.82 Å². The summed E-state index contributed by atoms with van der Waals surface area (Å²) < 4.78 is 13.5. The molecule has 0 spiro atoms. The maximum atomic E-state index is 13.5. The van der Waals surface area contributed by atoms with Gasteiger partial charge in [0.2, 0.25) is 0 Å². The molecule has 0 aliphatic heterocycles. The summed E-state index contributed by atoms with van der Waals surface area (Å²) >= 11 is 0. The summed E-state index contributed by atoms with van der Waals surface area (Å²) in [5.41, 5.74) is 2.03. The van der Waals surface area contributed by atoms with Crippen LogP contribution in [0.15, 0.2) is 48.5 Å². The van der Waals surface area contributed by atoms with Crippen molar-refractivity contribution in [3.8, 4) is 0 Å². The van der Waals surface area contributed by atoms with E-state index in [1.807, 2.05) is 12.1 Å². The van der Waals surface area contributed by atoms with E-state index < -0.39 is 0 Å². The molecule has 21 heavy (non-hydrogen) atoms. The minimum atomic E-state index is -0.308. The molecule has 0 fully saturated rings. The van der Waals surface area contributed by atoms with Crippen LogP contribution in [0, 0.1) is 5.82 Å². The van der Waals surface area contributed by atoms with Gasteiger partial charge >= 0.3 is 0 Å². The molecule has 0 atom stereocenters. The number of carbonyl (C=O) groups excluding carboxylic acids is 1.